The number of hydrogen-bond acceptors (Lipinski definition) is 3. The van der Waals surface area contributed by atoms with Crippen molar-refractivity contribution in [2.45, 2.75) is 13.8 Å². The number of aryl methyl sites for hydroxylation is 1. The Labute approximate surface area is 135 Å². The minimum atomic E-state index is -0.357. The van der Waals surface area contributed by atoms with Crippen molar-refractivity contribution < 1.29 is 9.53 Å². The first-order valence-corrected chi connectivity index (χ1v) is 7.56. The zero-order valence-electron chi connectivity index (χ0n) is 13.2. The molecule has 0 aliphatic heterocycles. The molecule has 0 unspecified atom stereocenters. The lowest BCUT2D eigenvalue weighted by Gasteiger charge is -2.03. The van der Waals surface area contributed by atoms with Gasteiger partial charge in [0, 0.05) is 29.2 Å². The lowest BCUT2D eigenvalue weighted by Crippen LogP contribution is -2.06. The smallest absolute Gasteiger partial charge is 0.355 e. The first-order chi connectivity index (χ1) is 11.2. The number of rotatable bonds is 4. The van der Waals surface area contributed by atoms with Crippen LogP contribution in [0.25, 0.3) is 22.4 Å². The van der Waals surface area contributed by atoms with Gasteiger partial charge in [-0.15, -0.1) is 0 Å². The average Bonchev–Trinajstić information content (AvgIpc) is 3.02. The van der Waals surface area contributed by atoms with Gasteiger partial charge in [0.1, 0.15) is 5.69 Å². The lowest BCUT2D eigenvalue weighted by molar-refractivity contribution is 0.0521. The van der Waals surface area contributed by atoms with Crippen molar-refractivity contribution in [3.63, 3.8) is 0 Å². The highest BCUT2D eigenvalue weighted by molar-refractivity contribution is 5.97. The first-order valence-electron chi connectivity index (χ1n) is 7.56. The van der Waals surface area contributed by atoms with Crippen molar-refractivity contribution >= 4 is 5.97 Å². The molecular formula is C19H18N2O2. The molecule has 1 N–H and O–H groups in total. The van der Waals surface area contributed by atoms with E-state index >= 15 is 0 Å². The van der Waals surface area contributed by atoms with Crippen LogP contribution in [-0.2, 0) is 4.74 Å². The van der Waals surface area contributed by atoms with Gasteiger partial charge in [-0.05, 0) is 31.5 Å². The summed E-state index contributed by atoms with van der Waals surface area (Å²) in [5, 5.41) is 0. The highest BCUT2D eigenvalue weighted by atomic mass is 16.5. The van der Waals surface area contributed by atoms with Crippen LogP contribution in [0.5, 0.6) is 0 Å². The fourth-order valence-corrected chi connectivity index (χ4v) is 2.46. The van der Waals surface area contributed by atoms with Crippen LogP contribution in [-0.4, -0.2) is 22.5 Å². The molecule has 0 radical (unpaired) electrons. The van der Waals surface area contributed by atoms with Gasteiger partial charge in [-0.1, -0.05) is 35.9 Å². The Bertz CT molecular complexity index is 805. The molecule has 3 rings (SSSR count). The standard InChI is InChI=1S/C19H18N2O2/c1-3-23-19(22)18-16(15-5-4-10-20-12-15)11-17(21-18)14-8-6-13(2)7-9-14/h4-12,21H,3H2,1-2H3. The summed E-state index contributed by atoms with van der Waals surface area (Å²) >= 11 is 0. The molecule has 0 aliphatic carbocycles. The number of aromatic nitrogens is 2. The van der Waals surface area contributed by atoms with Crippen molar-refractivity contribution in [1.29, 1.82) is 0 Å². The maximum atomic E-state index is 12.3. The summed E-state index contributed by atoms with van der Waals surface area (Å²) in [6.45, 7) is 4.18. The van der Waals surface area contributed by atoms with Crippen molar-refractivity contribution in [1.82, 2.24) is 9.97 Å². The number of carbonyl (C=O) groups excluding carboxylic acids is 1. The van der Waals surface area contributed by atoms with E-state index in [1.807, 2.05) is 49.4 Å². The monoisotopic (exact) mass is 306 g/mol. The van der Waals surface area contributed by atoms with Gasteiger partial charge in [0.05, 0.1) is 6.61 Å². The molecule has 0 saturated carbocycles. The molecule has 116 valence electrons. The number of pyridine rings is 1. The second-order valence-electron chi connectivity index (χ2n) is 5.30. The zero-order chi connectivity index (χ0) is 16.2. The van der Waals surface area contributed by atoms with E-state index in [1.54, 1.807) is 19.3 Å². The maximum Gasteiger partial charge on any atom is 0.355 e. The topological polar surface area (TPSA) is 55.0 Å². The molecule has 0 spiro atoms. The molecule has 23 heavy (non-hydrogen) atoms. The van der Waals surface area contributed by atoms with Crippen LogP contribution in [0.2, 0.25) is 0 Å². The highest BCUT2D eigenvalue weighted by Crippen LogP contribution is 2.30. The fraction of sp³-hybridized carbons (Fsp3) is 0.158. The molecule has 0 atom stereocenters. The van der Waals surface area contributed by atoms with E-state index in [0.717, 1.165) is 22.4 Å². The number of nitrogens with zero attached hydrogens (tertiary/aromatic N) is 1. The molecule has 3 aromatic rings. The molecule has 1 aromatic carbocycles. The molecule has 0 bridgehead atoms. The van der Waals surface area contributed by atoms with Crippen molar-refractivity contribution in [3.05, 3.63) is 66.1 Å². The number of hydrogen-bond donors (Lipinski definition) is 1. The highest BCUT2D eigenvalue weighted by Gasteiger charge is 2.18. The van der Waals surface area contributed by atoms with E-state index in [9.17, 15) is 4.79 Å². The van der Waals surface area contributed by atoms with Gasteiger partial charge in [0.2, 0.25) is 0 Å². The fourth-order valence-electron chi connectivity index (χ4n) is 2.46. The van der Waals surface area contributed by atoms with E-state index in [0.29, 0.717) is 12.3 Å². The minimum absolute atomic E-state index is 0.337. The third-order valence-electron chi connectivity index (χ3n) is 3.63. The molecule has 4 nitrogen and oxygen atoms in total. The van der Waals surface area contributed by atoms with E-state index in [1.165, 1.54) is 5.56 Å². The van der Waals surface area contributed by atoms with Gasteiger partial charge in [-0.3, -0.25) is 4.98 Å². The molecule has 4 heteroatoms. The molecular weight excluding hydrogens is 288 g/mol. The van der Waals surface area contributed by atoms with Crippen LogP contribution in [0.15, 0.2) is 54.9 Å². The molecule has 0 amide bonds. The number of esters is 1. The van der Waals surface area contributed by atoms with Gasteiger partial charge < -0.3 is 9.72 Å². The molecule has 0 fully saturated rings. The quantitative estimate of drug-likeness (QED) is 0.734. The summed E-state index contributed by atoms with van der Waals surface area (Å²) in [5.74, 6) is -0.357. The average molecular weight is 306 g/mol. The lowest BCUT2D eigenvalue weighted by atomic mass is 10.1. The van der Waals surface area contributed by atoms with Crippen LogP contribution in [0.1, 0.15) is 23.0 Å². The predicted molar refractivity (Wildman–Crippen MR) is 90.2 cm³/mol. The van der Waals surface area contributed by atoms with E-state index in [4.69, 9.17) is 4.74 Å². The van der Waals surface area contributed by atoms with Crippen LogP contribution in [0.3, 0.4) is 0 Å². The van der Waals surface area contributed by atoms with Crippen LogP contribution >= 0.6 is 0 Å². The Hall–Kier alpha value is -2.88. The Kier molecular flexibility index (Phi) is 4.24. The first kappa shape index (κ1) is 15.0. The Morgan fingerprint density at radius 1 is 1.17 bits per heavy atom. The second-order valence-corrected chi connectivity index (χ2v) is 5.30. The number of H-pyrrole nitrogens is 1. The predicted octanol–water partition coefficient (Wildman–Crippen LogP) is 4.23. The summed E-state index contributed by atoms with van der Waals surface area (Å²) in [6, 6.07) is 13.9. The summed E-state index contributed by atoms with van der Waals surface area (Å²) < 4.78 is 5.17. The third kappa shape index (κ3) is 3.16. The minimum Gasteiger partial charge on any atom is -0.461 e. The number of benzene rings is 1. The van der Waals surface area contributed by atoms with Gasteiger partial charge >= 0.3 is 5.97 Å². The summed E-state index contributed by atoms with van der Waals surface area (Å²) in [5.41, 5.74) is 5.23. The normalized spacial score (nSPS) is 10.5. The van der Waals surface area contributed by atoms with Crippen LogP contribution < -0.4 is 0 Å². The number of carbonyl (C=O) groups is 1. The van der Waals surface area contributed by atoms with Crippen LogP contribution in [0, 0.1) is 6.92 Å². The molecule has 2 heterocycles. The zero-order valence-corrected chi connectivity index (χ0v) is 13.2. The van der Waals surface area contributed by atoms with Gasteiger partial charge in [-0.2, -0.15) is 0 Å². The summed E-state index contributed by atoms with van der Waals surface area (Å²) in [4.78, 5) is 19.6. The number of ether oxygens (including phenoxy) is 1. The summed E-state index contributed by atoms with van der Waals surface area (Å²) in [7, 11) is 0. The van der Waals surface area contributed by atoms with E-state index in [2.05, 4.69) is 9.97 Å². The number of aromatic amines is 1. The van der Waals surface area contributed by atoms with Gasteiger partial charge in [-0.25, -0.2) is 4.79 Å². The Balaban J connectivity index is 2.10. The van der Waals surface area contributed by atoms with Crippen molar-refractivity contribution in [2.75, 3.05) is 6.61 Å². The second kappa shape index (κ2) is 6.48. The van der Waals surface area contributed by atoms with Gasteiger partial charge in [0.25, 0.3) is 0 Å². The number of nitrogens with one attached hydrogen (secondary N) is 1. The third-order valence-corrected chi connectivity index (χ3v) is 3.63. The van der Waals surface area contributed by atoms with Gasteiger partial charge in [0.15, 0.2) is 0 Å². The molecule has 2 aromatic heterocycles. The maximum absolute atomic E-state index is 12.3. The van der Waals surface area contributed by atoms with Crippen molar-refractivity contribution in [3.8, 4) is 22.4 Å². The van der Waals surface area contributed by atoms with E-state index in [-0.39, 0.29) is 5.97 Å². The van der Waals surface area contributed by atoms with Crippen molar-refractivity contribution in [2.24, 2.45) is 0 Å². The largest absolute Gasteiger partial charge is 0.461 e. The Morgan fingerprint density at radius 2 is 1.96 bits per heavy atom. The molecule has 0 aliphatic rings. The van der Waals surface area contributed by atoms with E-state index < -0.39 is 0 Å². The summed E-state index contributed by atoms with van der Waals surface area (Å²) in [6.07, 6.45) is 3.45. The molecule has 0 saturated heterocycles. The Morgan fingerprint density at radius 3 is 2.61 bits per heavy atom. The van der Waals surface area contributed by atoms with Crippen LogP contribution in [0.4, 0.5) is 0 Å². The SMILES string of the molecule is CCOC(=O)c1[nH]c(-c2ccc(C)cc2)cc1-c1cccnc1.